The van der Waals surface area contributed by atoms with E-state index < -0.39 is 0 Å². The summed E-state index contributed by atoms with van der Waals surface area (Å²) in [5, 5.41) is 8.02. The molecule has 1 heterocycles. The molecule has 0 atom stereocenters. The van der Waals surface area contributed by atoms with Crippen LogP contribution >= 0.6 is 15.9 Å². The van der Waals surface area contributed by atoms with Crippen LogP contribution in [0.2, 0.25) is 0 Å². The number of carbonyl (C=O) groups excluding carboxylic acids is 1. The zero-order chi connectivity index (χ0) is 11.8. The largest absolute Gasteiger partial charge is 0.296 e. The first-order valence-corrected chi connectivity index (χ1v) is 6.26. The molecule has 17 heavy (non-hydrogen) atoms. The van der Waals surface area contributed by atoms with Gasteiger partial charge >= 0.3 is 0 Å². The fourth-order valence-corrected chi connectivity index (χ4v) is 2.35. The number of aldehydes is 1. The van der Waals surface area contributed by atoms with E-state index in [9.17, 15) is 4.79 Å². The summed E-state index contributed by atoms with van der Waals surface area (Å²) in [5.41, 5.74) is 2.19. The first-order valence-electron chi connectivity index (χ1n) is 5.46. The Labute approximate surface area is 107 Å². The molecule has 0 N–H and O–H groups in total. The van der Waals surface area contributed by atoms with Gasteiger partial charge < -0.3 is 0 Å². The van der Waals surface area contributed by atoms with Crippen molar-refractivity contribution in [3.05, 3.63) is 34.4 Å². The van der Waals surface area contributed by atoms with Gasteiger partial charge in [-0.05, 0) is 18.9 Å². The van der Waals surface area contributed by atoms with Gasteiger partial charge in [-0.15, -0.1) is 5.10 Å². The van der Waals surface area contributed by atoms with E-state index in [1.165, 1.54) is 0 Å². The van der Waals surface area contributed by atoms with Crippen molar-refractivity contribution in [1.82, 2.24) is 15.0 Å². The maximum atomic E-state index is 11.0. The van der Waals surface area contributed by atoms with Gasteiger partial charge in [0.2, 0.25) is 0 Å². The second-order valence-corrected chi connectivity index (χ2v) is 4.95. The van der Waals surface area contributed by atoms with Crippen LogP contribution in [0.5, 0.6) is 0 Å². The Hall–Kier alpha value is -1.49. The molecule has 0 amide bonds. The monoisotopic (exact) mass is 291 g/mol. The van der Waals surface area contributed by atoms with Crippen molar-refractivity contribution in [2.24, 2.45) is 0 Å². The highest BCUT2D eigenvalue weighted by Gasteiger charge is 2.29. The fraction of sp³-hybridized carbons (Fsp3) is 0.250. The molecule has 0 radical (unpaired) electrons. The van der Waals surface area contributed by atoms with Crippen molar-refractivity contribution in [3.63, 3.8) is 0 Å². The molecule has 1 fully saturated rings. The number of halogens is 1. The molecule has 0 aliphatic heterocycles. The lowest BCUT2D eigenvalue weighted by Crippen LogP contribution is -2.00. The van der Waals surface area contributed by atoms with Gasteiger partial charge in [-0.25, -0.2) is 4.68 Å². The summed E-state index contributed by atoms with van der Waals surface area (Å²) >= 11 is 3.50. The van der Waals surface area contributed by atoms with E-state index in [1.807, 2.05) is 28.9 Å². The Morgan fingerprint density at radius 1 is 1.35 bits per heavy atom. The molecule has 0 bridgehead atoms. The van der Waals surface area contributed by atoms with Crippen molar-refractivity contribution in [3.8, 4) is 11.3 Å². The summed E-state index contributed by atoms with van der Waals surface area (Å²) < 4.78 is 2.82. The quantitative estimate of drug-likeness (QED) is 0.817. The minimum absolute atomic E-state index is 0.401. The molecule has 0 spiro atoms. The molecule has 1 aromatic heterocycles. The molecule has 4 nitrogen and oxygen atoms in total. The van der Waals surface area contributed by atoms with Crippen LogP contribution in [0.25, 0.3) is 11.3 Å². The van der Waals surface area contributed by atoms with Crippen LogP contribution in [-0.2, 0) is 0 Å². The van der Waals surface area contributed by atoms with Crippen LogP contribution in [0.4, 0.5) is 0 Å². The highest BCUT2D eigenvalue weighted by molar-refractivity contribution is 9.10. The molecular weight excluding hydrogens is 282 g/mol. The van der Waals surface area contributed by atoms with Crippen molar-refractivity contribution < 1.29 is 4.79 Å². The zero-order valence-electron chi connectivity index (χ0n) is 9.01. The number of rotatable bonds is 3. The van der Waals surface area contributed by atoms with E-state index in [1.54, 1.807) is 0 Å². The predicted molar refractivity (Wildman–Crippen MR) is 66.8 cm³/mol. The Morgan fingerprint density at radius 2 is 2.12 bits per heavy atom. The molecule has 3 rings (SSSR count). The van der Waals surface area contributed by atoms with E-state index in [4.69, 9.17) is 0 Å². The first-order chi connectivity index (χ1) is 8.31. The minimum atomic E-state index is 0.401. The third-order valence-electron chi connectivity index (χ3n) is 2.85. The number of aromatic nitrogens is 3. The van der Waals surface area contributed by atoms with Gasteiger partial charge in [-0.1, -0.05) is 39.3 Å². The zero-order valence-corrected chi connectivity index (χ0v) is 10.6. The van der Waals surface area contributed by atoms with Crippen molar-refractivity contribution in [1.29, 1.82) is 0 Å². The van der Waals surface area contributed by atoms with Gasteiger partial charge in [0.1, 0.15) is 5.69 Å². The van der Waals surface area contributed by atoms with Crippen molar-refractivity contribution in [2.45, 2.75) is 18.9 Å². The molecule has 2 aromatic rings. The molecule has 1 aliphatic carbocycles. The minimum Gasteiger partial charge on any atom is -0.296 e. The van der Waals surface area contributed by atoms with Crippen molar-refractivity contribution in [2.75, 3.05) is 0 Å². The number of nitrogens with zero attached hydrogens (tertiary/aromatic N) is 3. The molecule has 86 valence electrons. The molecular formula is C12H10BrN3O. The number of hydrogen-bond donors (Lipinski definition) is 0. The third-order valence-corrected chi connectivity index (χ3v) is 3.55. The van der Waals surface area contributed by atoms with Gasteiger partial charge in [0, 0.05) is 10.0 Å². The van der Waals surface area contributed by atoms with Gasteiger partial charge in [0.05, 0.1) is 6.04 Å². The van der Waals surface area contributed by atoms with Crippen LogP contribution in [-0.4, -0.2) is 21.3 Å². The topological polar surface area (TPSA) is 47.8 Å². The Morgan fingerprint density at radius 3 is 2.76 bits per heavy atom. The lowest BCUT2D eigenvalue weighted by molar-refractivity contribution is 0.111. The molecule has 0 saturated heterocycles. The number of benzene rings is 1. The summed E-state index contributed by atoms with van der Waals surface area (Å²) in [6.45, 7) is 0. The van der Waals surface area contributed by atoms with Crippen LogP contribution < -0.4 is 0 Å². The van der Waals surface area contributed by atoms with Gasteiger partial charge in [0.25, 0.3) is 0 Å². The van der Waals surface area contributed by atoms with E-state index in [-0.39, 0.29) is 0 Å². The van der Waals surface area contributed by atoms with E-state index >= 15 is 0 Å². The van der Waals surface area contributed by atoms with Crippen LogP contribution in [0, 0.1) is 0 Å². The summed E-state index contributed by atoms with van der Waals surface area (Å²) in [6.07, 6.45) is 2.98. The maximum absolute atomic E-state index is 11.0. The van der Waals surface area contributed by atoms with E-state index in [0.29, 0.717) is 11.7 Å². The standard InChI is InChI=1S/C12H10BrN3O/c13-10-4-2-1-3-9(10)12-11(7-17)14-15-16(12)8-5-6-8/h1-4,7-8H,5-6H2. The highest BCUT2D eigenvalue weighted by Crippen LogP contribution is 2.39. The number of carbonyl (C=O) groups is 1. The van der Waals surface area contributed by atoms with E-state index in [2.05, 4.69) is 26.2 Å². The summed E-state index contributed by atoms with van der Waals surface area (Å²) in [4.78, 5) is 11.0. The first kappa shape index (κ1) is 10.7. The second kappa shape index (κ2) is 4.07. The maximum Gasteiger partial charge on any atom is 0.172 e. The van der Waals surface area contributed by atoms with Gasteiger partial charge in [-0.2, -0.15) is 0 Å². The molecule has 0 unspecified atom stereocenters. The Kier molecular flexibility index (Phi) is 2.55. The average molecular weight is 292 g/mol. The average Bonchev–Trinajstić information content (AvgIpc) is 3.10. The summed E-state index contributed by atoms with van der Waals surface area (Å²) in [7, 11) is 0. The third kappa shape index (κ3) is 1.80. The van der Waals surface area contributed by atoms with E-state index in [0.717, 1.165) is 34.9 Å². The van der Waals surface area contributed by atoms with Crippen molar-refractivity contribution >= 4 is 22.2 Å². The molecule has 1 saturated carbocycles. The smallest absolute Gasteiger partial charge is 0.172 e. The lowest BCUT2D eigenvalue weighted by Gasteiger charge is -2.07. The fourth-order valence-electron chi connectivity index (χ4n) is 1.87. The lowest BCUT2D eigenvalue weighted by atomic mass is 10.1. The summed E-state index contributed by atoms with van der Waals surface area (Å²) in [6, 6.07) is 8.21. The molecule has 1 aliphatic rings. The van der Waals surface area contributed by atoms with Crippen LogP contribution in [0.3, 0.4) is 0 Å². The van der Waals surface area contributed by atoms with Crippen LogP contribution in [0.1, 0.15) is 29.4 Å². The highest BCUT2D eigenvalue weighted by atomic mass is 79.9. The predicted octanol–water partition coefficient (Wildman–Crippen LogP) is 2.86. The Bertz CT molecular complexity index is 575. The normalized spacial score (nSPS) is 14.9. The molecule has 5 heteroatoms. The Balaban J connectivity index is 2.21. The summed E-state index contributed by atoms with van der Waals surface area (Å²) in [5.74, 6) is 0. The second-order valence-electron chi connectivity index (χ2n) is 4.10. The van der Waals surface area contributed by atoms with Gasteiger partial charge in [-0.3, -0.25) is 4.79 Å². The molecule has 1 aromatic carbocycles. The van der Waals surface area contributed by atoms with Crippen LogP contribution in [0.15, 0.2) is 28.7 Å². The SMILES string of the molecule is O=Cc1nnn(C2CC2)c1-c1ccccc1Br. The number of hydrogen-bond acceptors (Lipinski definition) is 3. The van der Waals surface area contributed by atoms with Gasteiger partial charge in [0.15, 0.2) is 12.0 Å².